The lowest BCUT2D eigenvalue weighted by molar-refractivity contribution is -0.148. The first-order valence-corrected chi connectivity index (χ1v) is 12.6. The molecular weight excluding hydrogens is 458 g/mol. The summed E-state index contributed by atoms with van der Waals surface area (Å²) < 4.78 is 10.7. The molecule has 2 heterocycles. The smallest absolute Gasteiger partial charge is 0.410 e. The maximum Gasteiger partial charge on any atom is 0.410 e. The van der Waals surface area contributed by atoms with Crippen LogP contribution in [-0.4, -0.2) is 48.2 Å². The molecule has 36 heavy (non-hydrogen) atoms. The first kappa shape index (κ1) is 25.5. The van der Waals surface area contributed by atoms with Crippen molar-refractivity contribution in [3.63, 3.8) is 0 Å². The standard InChI is InChI=1S/C28H35N3O5/c1-5-35-26(33)19-12-14-30(15-13-19)24-9-7-6-8-23(24)25(32)29-22-11-10-20-17-31(18-21(20)16-22)27(34)36-28(2,3)4/h6-11,16,19H,5,12-15,17-18H2,1-4H3,(H,29,32). The summed E-state index contributed by atoms with van der Waals surface area (Å²) >= 11 is 0. The fourth-order valence-corrected chi connectivity index (χ4v) is 4.68. The number of rotatable bonds is 5. The normalized spacial score (nSPS) is 15.9. The highest BCUT2D eigenvalue weighted by Gasteiger charge is 2.29. The Labute approximate surface area is 212 Å². The van der Waals surface area contributed by atoms with Gasteiger partial charge in [0.1, 0.15) is 5.60 Å². The first-order chi connectivity index (χ1) is 17.1. The van der Waals surface area contributed by atoms with Gasteiger partial charge in [0.05, 0.1) is 18.1 Å². The van der Waals surface area contributed by atoms with Crippen molar-refractivity contribution >= 4 is 29.3 Å². The third kappa shape index (κ3) is 5.98. The van der Waals surface area contributed by atoms with Crippen molar-refractivity contribution in [2.24, 2.45) is 5.92 Å². The predicted molar refractivity (Wildman–Crippen MR) is 138 cm³/mol. The molecule has 2 aromatic carbocycles. The maximum absolute atomic E-state index is 13.3. The van der Waals surface area contributed by atoms with Gasteiger partial charge in [0, 0.05) is 37.6 Å². The van der Waals surface area contributed by atoms with Gasteiger partial charge in [0.25, 0.3) is 5.91 Å². The van der Waals surface area contributed by atoms with E-state index in [1.54, 1.807) is 4.90 Å². The summed E-state index contributed by atoms with van der Waals surface area (Å²) in [7, 11) is 0. The number of fused-ring (bicyclic) bond motifs is 1. The molecule has 1 N–H and O–H groups in total. The number of piperidine rings is 1. The van der Waals surface area contributed by atoms with Gasteiger partial charge in [-0.25, -0.2) is 4.79 Å². The van der Waals surface area contributed by atoms with Gasteiger partial charge in [-0.1, -0.05) is 18.2 Å². The molecule has 2 aromatic rings. The molecule has 0 unspecified atom stereocenters. The topological polar surface area (TPSA) is 88.2 Å². The van der Waals surface area contributed by atoms with Crippen molar-refractivity contribution in [2.45, 2.75) is 59.2 Å². The van der Waals surface area contributed by atoms with Gasteiger partial charge in [-0.2, -0.15) is 0 Å². The molecule has 2 aliphatic rings. The Kier molecular flexibility index (Phi) is 7.52. The van der Waals surface area contributed by atoms with Crippen LogP contribution in [0.4, 0.5) is 16.2 Å². The molecule has 2 aliphatic heterocycles. The van der Waals surface area contributed by atoms with E-state index in [2.05, 4.69) is 10.2 Å². The van der Waals surface area contributed by atoms with Gasteiger partial charge < -0.3 is 19.7 Å². The summed E-state index contributed by atoms with van der Waals surface area (Å²) in [6.45, 7) is 10.1. The second-order valence-corrected chi connectivity index (χ2v) is 10.3. The lowest BCUT2D eigenvalue weighted by Gasteiger charge is -2.33. The van der Waals surface area contributed by atoms with Gasteiger partial charge in [0.2, 0.25) is 0 Å². The number of nitrogens with zero attached hydrogens (tertiary/aromatic N) is 2. The summed E-state index contributed by atoms with van der Waals surface area (Å²) in [6, 6.07) is 13.3. The van der Waals surface area contributed by atoms with Crippen LogP contribution in [0, 0.1) is 5.92 Å². The Morgan fingerprint density at radius 1 is 1.00 bits per heavy atom. The number of para-hydroxylation sites is 1. The Hall–Kier alpha value is -3.55. The molecule has 0 aromatic heterocycles. The molecule has 4 rings (SSSR count). The molecule has 0 radical (unpaired) electrons. The molecule has 8 heteroatoms. The zero-order chi connectivity index (χ0) is 25.9. The lowest BCUT2D eigenvalue weighted by Crippen LogP contribution is -2.37. The Balaban J connectivity index is 1.41. The number of benzene rings is 2. The fourth-order valence-electron chi connectivity index (χ4n) is 4.68. The number of carbonyl (C=O) groups excluding carboxylic acids is 3. The minimum Gasteiger partial charge on any atom is -0.466 e. The largest absolute Gasteiger partial charge is 0.466 e. The molecule has 0 atom stereocenters. The van der Waals surface area contributed by atoms with Crippen LogP contribution >= 0.6 is 0 Å². The SMILES string of the molecule is CCOC(=O)C1CCN(c2ccccc2C(=O)Nc2ccc3c(c2)CN(C(=O)OC(C)(C)C)C3)CC1. The first-order valence-electron chi connectivity index (χ1n) is 12.6. The molecule has 2 amide bonds. The van der Waals surface area contributed by atoms with E-state index in [0.717, 1.165) is 16.8 Å². The summed E-state index contributed by atoms with van der Waals surface area (Å²) in [5.74, 6) is -0.418. The lowest BCUT2D eigenvalue weighted by atomic mass is 9.96. The van der Waals surface area contributed by atoms with Gasteiger partial charge in [-0.3, -0.25) is 14.5 Å². The van der Waals surface area contributed by atoms with Crippen molar-refractivity contribution in [1.82, 2.24) is 4.90 Å². The zero-order valence-electron chi connectivity index (χ0n) is 21.5. The molecule has 1 saturated heterocycles. The number of esters is 1. The number of nitrogens with one attached hydrogen (secondary N) is 1. The van der Waals surface area contributed by atoms with E-state index in [9.17, 15) is 14.4 Å². The highest BCUT2D eigenvalue weighted by atomic mass is 16.6. The Morgan fingerprint density at radius 3 is 2.39 bits per heavy atom. The molecule has 8 nitrogen and oxygen atoms in total. The van der Waals surface area contributed by atoms with Crippen LogP contribution < -0.4 is 10.2 Å². The molecule has 1 fully saturated rings. The highest BCUT2D eigenvalue weighted by molar-refractivity contribution is 6.08. The second kappa shape index (κ2) is 10.6. The summed E-state index contributed by atoms with van der Waals surface area (Å²) in [5.41, 5.74) is 3.61. The maximum atomic E-state index is 13.3. The van der Waals surface area contributed by atoms with Crippen LogP contribution in [0.2, 0.25) is 0 Å². The van der Waals surface area contributed by atoms with Crippen LogP contribution in [-0.2, 0) is 27.4 Å². The highest BCUT2D eigenvalue weighted by Crippen LogP contribution is 2.30. The predicted octanol–water partition coefficient (Wildman–Crippen LogP) is 4.97. The van der Waals surface area contributed by atoms with Crippen molar-refractivity contribution in [3.05, 3.63) is 59.2 Å². The van der Waals surface area contributed by atoms with E-state index in [1.807, 2.05) is 70.2 Å². The number of anilines is 2. The van der Waals surface area contributed by atoms with E-state index in [-0.39, 0.29) is 23.9 Å². The van der Waals surface area contributed by atoms with E-state index < -0.39 is 5.60 Å². The Bertz CT molecular complexity index is 1130. The summed E-state index contributed by atoms with van der Waals surface area (Å²) in [6.07, 6.45) is 1.06. The molecule has 0 aliphatic carbocycles. The average Bonchev–Trinajstić information content (AvgIpc) is 3.27. The van der Waals surface area contributed by atoms with E-state index in [1.165, 1.54) is 0 Å². The van der Waals surface area contributed by atoms with Crippen molar-refractivity contribution in [2.75, 3.05) is 29.9 Å². The second-order valence-electron chi connectivity index (χ2n) is 10.3. The van der Waals surface area contributed by atoms with Crippen molar-refractivity contribution in [1.29, 1.82) is 0 Å². The number of carbonyl (C=O) groups is 3. The molecule has 192 valence electrons. The van der Waals surface area contributed by atoms with Crippen LogP contribution in [0.15, 0.2) is 42.5 Å². The van der Waals surface area contributed by atoms with Gasteiger partial charge in [-0.15, -0.1) is 0 Å². The monoisotopic (exact) mass is 493 g/mol. The third-order valence-corrected chi connectivity index (χ3v) is 6.44. The van der Waals surface area contributed by atoms with Crippen LogP contribution in [0.3, 0.4) is 0 Å². The number of hydrogen-bond donors (Lipinski definition) is 1. The quantitative estimate of drug-likeness (QED) is 0.592. The number of amides is 2. The van der Waals surface area contributed by atoms with Crippen molar-refractivity contribution in [3.8, 4) is 0 Å². The van der Waals surface area contributed by atoms with Gasteiger partial charge in [0.15, 0.2) is 0 Å². The summed E-state index contributed by atoms with van der Waals surface area (Å²) in [5, 5.41) is 3.02. The molecule has 0 spiro atoms. The van der Waals surface area contributed by atoms with Crippen LogP contribution in [0.25, 0.3) is 0 Å². The minimum absolute atomic E-state index is 0.0890. The van der Waals surface area contributed by atoms with Gasteiger partial charge >= 0.3 is 12.1 Å². The average molecular weight is 494 g/mol. The minimum atomic E-state index is -0.549. The van der Waals surface area contributed by atoms with E-state index in [4.69, 9.17) is 9.47 Å². The number of ether oxygens (including phenoxy) is 2. The third-order valence-electron chi connectivity index (χ3n) is 6.44. The number of hydrogen-bond acceptors (Lipinski definition) is 6. The fraction of sp³-hybridized carbons (Fsp3) is 0.464. The van der Waals surface area contributed by atoms with Crippen molar-refractivity contribution < 1.29 is 23.9 Å². The van der Waals surface area contributed by atoms with E-state index >= 15 is 0 Å². The summed E-state index contributed by atoms with van der Waals surface area (Å²) in [4.78, 5) is 41.6. The molecule has 0 bridgehead atoms. The zero-order valence-corrected chi connectivity index (χ0v) is 21.5. The molecular formula is C28H35N3O5. The van der Waals surface area contributed by atoms with Crippen LogP contribution in [0.5, 0.6) is 0 Å². The molecule has 0 saturated carbocycles. The van der Waals surface area contributed by atoms with Gasteiger partial charge in [-0.05, 0) is 75.9 Å². The van der Waals surface area contributed by atoms with Crippen LogP contribution in [0.1, 0.15) is 62.0 Å². The van der Waals surface area contributed by atoms with E-state index in [0.29, 0.717) is 56.9 Å². The Morgan fingerprint density at radius 2 is 1.69 bits per heavy atom.